The lowest BCUT2D eigenvalue weighted by Crippen LogP contribution is -2.38. The van der Waals surface area contributed by atoms with Gasteiger partial charge in [0.15, 0.2) is 0 Å². The van der Waals surface area contributed by atoms with Gasteiger partial charge in [0.25, 0.3) is 0 Å². The number of carbonyl (C=O) groups excluding carboxylic acids is 1. The smallest absolute Gasteiger partial charge is 0.338 e. The number of aromatic hydroxyl groups is 1. The second kappa shape index (κ2) is 8.54. The Balaban J connectivity index is 1.37. The Morgan fingerprint density at radius 2 is 1.97 bits per heavy atom. The molecular formula is C25H29BrClNO4. The molecule has 0 saturated heterocycles. The van der Waals surface area contributed by atoms with Gasteiger partial charge in [0.2, 0.25) is 0 Å². The number of phenolic OH excluding ortho intramolecular Hbond substituents is 1. The Bertz CT molecular complexity index is 1030. The maximum Gasteiger partial charge on any atom is 0.338 e. The van der Waals surface area contributed by atoms with Crippen molar-refractivity contribution < 1.29 is 19.7 Å². The first kappa shape index (κ1) is 23.4. The average Bonchev–Trinajstić information content (AvgIpc) is 3.05. The molecule has 0 aliphatic heterocycles. The number of halogens is 2. The number of nitrogens with one attached hydrogen (secondary N) is 1. The highest BCUT2D eigenvalue weighted by Gasteiger charge is 2.62. The van der Waals surface area contributed by atoms with Gasteiger partial charge in [0.1, 0.15) is 18.1 Å². The number of anilines is 1. The summed E-state index contributed by atoms with van der Waals surface area (Å²) in [6.07, 6.45) is 2.42. The lowest BCUT2D eigenvalue weighted by Gasteiger charge is -2.38. The second-order valence-electron chi connectivity index (χ2n) is 9.84. The Morgan fingerprint density at radius 1 is 1.28 bits per heavy atom. The minimum atomic E-state index is -0.944. The summed E-state index contributed by atoms with van der Waals surface area (Å²) in [6.45, 7) is 6.85. The van der Waals surface area contributed by atoms with E-state index in [-0.39, 0.29) is 40.1 Å². The molecule has 0 heterocycles. The van der Waals surface area contributed by atoms with Crippen LogP contribution < -0.4 is 5.32 Å². The predicted octanol–water partition coefficient (Wildman–Crippen LogP) is 6.15. The van der Waals surface area contributed by atoms with Crippen molar-refractivity contribution in [2.45, 2.75) is 58.8 Å². The summed E-state index contributed by atoms with van der Waals surface area (Å²) < 4.78 is 6.67. The van der Waals surface area contributed by atoms with Crippen LogP contribution >= 0.6 is 27.5 Å². The first-order chi connectivity index (χ1) is 15.0. The summed E-state index contributed by atoms with van der Waals surface area (Å²) in [7, 11) is 0. The van der Waals surface area contributed by atoms with Gasteiger partial charge in [-0.2, -0.15) is 0 Å². The van der Waals surface area contributed by atoms with Crippen LogP contribution in [0.15, 0.2) is 40.9 Å². The van der Waals surface area contributed by atoms with E-state index in [1.807, 2.05) is 0 Å². The van der Waals surface area contributed by atoms with Crippen LogP contribution in [0, 0.1) is 16.7 Å². The zero-order chi connectivity index (χ0) is 23.3. The summed E-state index contributed by atoms with van der Waals surface area (Å²) in [4.78, 5) is 12.8. The van der Waals surface area contributed by atoms with Crippen LogP contribution in [0.4, 0.5) is 5.69 Å². The van der Waals surface area contributed by atoms with Gasteiger partial charge in [-0.1, -0.05) is 48.3 Å². The molecule has 2 aliphatic carbocycles. The molecule has 2 bridgehead atoms. The Morgan fingerprint density at radius 3 is 2.56 bits per heavy atom. The number of hydrogen-bond acceptors (Lipinski definition) is 5. The normalized spacial score (nSPS) is 26.7. The van der Waals surface area contributed by atoms with Crippen LogP contribution in [0.1, 0.15) is 56.0 Å². The SMILES string of the molecule is CC1(C)C2CCC1(C)C(OC(=O)c1ccc(NC(O)Cc3cc(Br)cc(Cl)c3O)cc1)C2. The maximum atomic E-state index is 12.8. The molecule has 4 unspecified atom stereocenters. The highest BCUT2D eigenvalue weighted by molar-refractivity contribution is 9.10. The third-order valence-electron chi connectivity index (χ3n) is 7.94. The number of phenols is 1. The Hall–Kier alpha value is -1.76. The zero-order valence-corrected chi connectivity index (χ0v) is 20.8. The number of esters is 1. The molecule has 2 saturated carbocycles. The van der Waals surface area contributed by atoms with Gasteiger partial charge in [-0.25, -0.2) is 4.79 Å². The fourth-order valence-corrected chi connectivity index (χ4v) is 6.31. The van der Waals surface area contributed by atoms with Gasteiger partial charge in [0, 0.05) is 27.6 Å². The molecule has 3 N–H and O–H groups in total. The number of rotatable bonds is 6. The quantitative estimate of drug-likeness (QED) is 0.313. The highest BCUT2D eigenvalue weighted by atomic mass is 79.9. The molecule has 32 heavy (non-hydrogen) atoms. The van der Waals surface area contributed by atoms with Crippen molar-refractivity contribution >= 4 is 39.2 Å². The fourth-order valence-electron chi connectivity index (χ4n) is 5.43. The number of benzene rings is 2. The van der Waals surface area contributed by atoms with Crippen molar-refractivity contribution in [2.75, 3.05) is 5.32 Å². The standard InChI is InChI=1S/C25H29BrClNO4/c1-24(2)16-8-9-25(24,3)20(12-16)32-23(31)14-4-6-18(7-5-14)28-21(29)11-15-10-17(26)13-19(27)22(15)30/h4-7,10,13,16,20-21,28-30H,8-9,11-12H2,1-3H3. The van der Waals surface area contributed by atoms with Crippen molar-refractivity contribution in [2.24, 2.45) is 16.7 Å². The van der Waals surface area contributed by atoms with Gasteiger partial charge in [-0.3, -0.25) is 0 Å². The van der Waals surface area contributed by atoms with E-state index in [0.717, 1.165) is 17.3 Å². The van der Waals surface area contributed by atoms with E-state index in [1.54, 1.807) is 36.4 Å². The van der Waals surface area contributed by atoms with E-state index < -0.39 is 6.23 Å². The molecule has 2 fully saturated rings. The van der Waals surface area contributed by atoms with E-state index >= 15 is 0 Å². The number of fused-ring (bicyclic) bond motifs is 2. The van der Waals surface area contributed by atoms with E-state index in [4.69, 9.17) is 16.3 Å². The van der Waals surface area contributed by atoms with Crippen molar-refractivity contribution in [1.82, 2.24) is 0 Å². The van der Waals surface area contributed by atoms with Gasteiger partial charge >= 0.3 is 5.97 Å². The molecule has 2 aliphatic rings. The number of aliphatic hydroxyl groups excluding tert-OH is 1. The van der Waals surface area contributed by atoms with Gasteiger partial charge in [0.05, 0.1) is 10.6 Å². The molecule has 172 valence electrons. The highest BCUT2D eigenvalue weighted by Crippen LogP contribution is 2.66. The Kier molecular flexibility index (Phi) is 6.25. The largest absolute Gasteiger partial charge is 0.506 e. The molecule has 0 radical (unpaired) electrons. The van der Waals surface area contributed by atoms with E-state index in [1.165, 1.54) is 6.42 Å². The van der Waals surface area contributed by atoms with Crippen molar-refractivity contribution in [3.8, 4) is 5.75 Å². The lowest BCUT2D eigenvalue weighted by molar-refractivity contribution is -0.0242. The fraction of sp³-hybridized carbons (Fsp3) is 0.480. The lowest BCUT2D eigenvalue weighted by atomic mass is 9.70. The number of aliphatic hydroxyl groups is 1. The monoisotopic (exact) mass is 521 g/mol. The van der Waals surface area contributed by atoms with Gasteiger partial charge in [-0.05, 0) is 67.0 Å². The summed E-state index contributed by atoms with van der Waals surface area (Å²) in [5.41, 5.74) is 1.88. The molecule has 4 rings (SSSR count). The van der Waals surface area contributed by atoms with Crippen LogP contribution in [0.2, 0.25) is 5.02 Å². The third-order valence-corrected chi connectivity index (χ3v) is 8.68. The van der Waals surface area contributed by atoms with Crippen LogP contribution in [0.3, 0.4) is 0 Å². The molecule has 5 nitrogen and oxygen atoms in total. The predicted molar refractivity (Wildman–Crippen MR) is 129 cm³/mol. The number of ether oxygens (including phenoxy) is 1. The van der Waals surface area contributed by atoms with E-state index in [9.17, 15) is 15.0 Å². The zero-order valence-electron chi connectivity index (χ0n) is 18.5. The van der Waals surface area contributed by atoms with Crippen molar-refractivity contribution in [1.29, 1.82) is 0 Å². The molecule has 4 atom stereocenters. The van der Waals surface area contributed by atoms with E-state index in [2.05, 4.69) is 42.0 Å². The van der Waals surface area contributed by atoms with Crippen molar-refractivity contribution in [3.05, 3.63) is 57.0 Å². The summed E-state index contributed by atoms with van der Waals surface area (Å²) >= 11 is 9.32. The van der Waals surface area contributed by atoms with Gasteiger partial charge in [-0.15, -0.1) is 0 Å². The Labute approximate surface area is 202 Å². The average molecular weight is 523 g/mol. The van der Waals surface area contributed by atoms with Crippen LogP contribution in [0.5, 0.6) is 5.75 Å². The maximum absolute atomic E-state index is 12.8. The molecular weight excluding hydrogens is 494 g/mol. The van der Waals surface area contributed by atoms with Crippen molar-refractivity contribution in [3.63, 3.8) is 0 Å². The summed E-state index contributed by atoms with van der Waals surface area (Å²) in [6, 6.07) is 10.2. The summed E-state index contributed by atoms with van der Waals surface area (Å²) in [5, 5.41) is 23.7. The minimum absolute atomic E-state index is 0.0276. The number of hydrogen-bond donors (Lipinski definition) is 3. The second-order valence-corrected chi connectivity index (χ2v) is 11.2. The first-order valence-corrected chi connectivity index (χ1v) is 12.1. The molecule has 0 spiro atoms. The topological polar surface area (TPSA) is 78.8 Å². The van der Waals surface area contributed by atoms with Crippen LogP contribution in [-0.2, 0) is 11.2 Å². The third kappa shape index (κ3) is 4.13. The molecule has 2 aromatic carbocycles. The number of carbonyl (C=O) groups is 1. The van der Waals surface area contributed by atoms with Crippen LogP contribution in [0.25, 0.3) is 0 Å². The molecule has 7 heteroatoms. The summed E-state index contributed by atoms with van der Waals surface area (Å²) in [5.74, 6) is 0.254. The van der Waals surface area contributed by atoms with Gasteiger partial charge < -0.3 is 20.3 Å². The van der Waals surface area contributed by atoms with Crippen LogP contribution in [-0.4, -0.2) is 28.5 Å². The molecule has 0 amide bonds. The minimum Gasteiger partial charge on any atom is -0.506 e. The van der Waals surface area contributed by atoms with E-state index in [0.29, 0.717) is 22.7 Å². The molecule has 2 aromatic rings. The molecule has 0 aromatic heterocycles. The first-order valence-electron chi connectivity index (χ1n) is 10.9.